The molecule has 0 aromatic heterocycles. The van der Waals surface area contributed by atoms with E-state index in [1.165, 1.54) is 11.1 Å². The number of hydrogen-bond acceptors (Lipinski definition) is 3. The Morgan fingerprint density at radius 2 is 1.62 bits per heavy atom. The monoisotopic (exact) mass is 288 g/mol. The highest BCUT2D eigenvalue weighted by Gasteiger charge is 2.18. The second-order valence-electron chi connectivity index (χ2n) is 6.47. The molecule has 1 aromatic rings. The van der Waals surface area contributed by atoms with Gasteiger partial charge in [-0.3, -0.25) is 9.69 Å². The van der Waals surface area contributed by atoms with Gasteiger partial charge >= 0.3 is 0 Å². The van der Waals surface area contributed by atoms with Crippen molar-refractivity contribution in [3.63, 3.8) is 0 Å². The van der Waals surface area contributed by atoms with Crippen LogP contribution in [0.15, 0.2) is 24.3 Å². The number of carbonyl (C=O) groups is 1. The van der Waals surface area contributed by atoms with E-state index in [1.54, 1.807) is 0 Å². The van der Waals surface area contributed by atoms with Crippen LogP contribution < -0.4 is 0 Å². The zero-order valence-electron chi connectivity index (χ0n) is 13.6. The summed E-state index contributed by atoms with van der Waals surface area (Å²) in [6, 6.07) is 8.82. The quantitative estimate of drug-likeness (QED) is 0.804. The van der Waals surface area contributed by atoms with Crippen LogP contribution in [0.3, 0.4) is 0 Å². The molecule has 1 saturated heterocycles. The standard InChI is InChI=1S/C18H28N2O/c1-15(2)18(21)8-9-19-10-12-20(13-11-19)14-17-6-4-16(3)5-7-17/h4-7,15H,8-14H2,1-3H3. The lowest BCUT2D eigenvalue weighted by Crippen LogP contribution is -2.46. The molecule has 2 rings (SSSR count). The zero-order chi connectivity index (χ0) is 15.2. The second-order valence-corrected chi connectivity index (χ2v) is 6.47. The molecule has 0 radical (unpaired) electrons. The van der Waals surface area contributed by atoms with Gasteiger partial charge in [0, 0.05) is 51.6 Å². The molecule has 0 atom stereocenters. The third kappa shape index (κ3) is 5.25. The molecule has 3 heteroatoms. The topological polar surface area (TPSA) is 23.6 Å². The maximum Gasteiger partial charge on any atom is 0.136 e. The molecule has 116 valence electrons. The fourth-order valence-corrected chi connectivity index (χ4v) is 2.68. The van der Waals surface area contributed by atoms with Gasteiger partial charge < -0.3 is 4.90 Å². The van der Waals surface area contributed by atoms with Gasteiger partial charge in [-0.2, -0.15) is 0 Å². The van der Waals surface area contributed by atoms with Crippen LogP contribution in [0.2, 0.25) is 0 Å². The molecule has 21 heavy (non-hydrogen) atoms. The summed E-state index contributed by atoms with van der Waals surface area (Å²) in [6.45, 7) is 12.4. The summed E-state index contributed by atoms with van der Waals surface area (Å²) >= 11 is 0. The molecule has 0 aliphatic carbocycles. The highest BCUT2D eigenvalue weighted by molar-refractivity contribution is 5.80. The number of aryl methyl sites for hydroxylation is 1. The van der Waals surface area contributed by atoms with E-state index < -0.39 is 0 Å². The first-order valence-corrected chi connectivity index (χ1v) is 8.07. The third-order valence-corrected chi connectivity index (χ3v) is 4.31. The van der Waals surface area contributed by atoms with Crippen LogP contribution in [-0.2, 0) is 11.3 Å². The minimum atomic E-state index is 0.174. The Hall–Kier alpha value is -1.19. The molecule has 0 spiro atoms. The molecule has 0 amide bonds. The lowest BCUT2D eigenvalue weighted by molar-refractivity contribution is -0.122. The Balaban J connectivity index is 1.70. The van der Waals surface area contributed by atoms with E-state index >= 15 is 0 Å². The van der Waals surface area contributed by atoms with Gasteiger partial charge in [-0.1, -0.05) is 43.7 Å². The summed E-state index contributed by atoms with van der Waals surface area (Å²) in [7, 11) is 0. The Morgan fingerprint density at radius 1 is 1.05 bits per heavy atom. The fourth-order valence-electron chi connectivity index (χ4n) is 2.68. The lowest BCUT2D eigenvalue weighted by atomic mass is 10.1. The van der Waals surface area contributed by atoms with Crippen molar-refractivity contribution in [2.45, 2.75) is 33.7 Å². The molecule has 0 unspecified atom stereocenters. The maximum atomic E-state index is 11.7. The zero-order valence-corrected chi connectivity index (χ0v) is 13.6. The van der Waals surface area contributed by atoms with Crippen molar-refractivity contribution < 1.29 is 4.79 Å². The SMILES string of the molecule is Cc1ccc(CN2CCN(CCC(=O)C(C)C)CC2)cc1. The van der Waals surface area contributed by atoms with Crippen LogP contribution >= 0.6 is 0 Å². The number of hydrogen-bond donors (Lipinski definition) is 0. The van der Waals surface area contributed by atoms with Crippen LogP contribution in [-0.4, -0.2) is 48.3 Å². The molecule has 1 heterocycles. The molecular formula is C18H28N2O. The van der Waals surface area contributed by atoms with E-state index in [1.807, 2.05) is 13.8 Å². The molecule has 1 fully saturated rings. The van der Waals surface area contributed by atoms with E-state index in [0.717, 1.165) is 39.3 Å². The normalized spacial score (nSPS) is 17.3. The Labute approximate surface area is 128 Å². The smallest absolute Gasteiger partial charge is 0.136 e. The fraction of sp³-hybridized carbons (Fsp3) is 0.611. The number of nitrogens with zero attached hydrogens (tertiary/aromatic N) is 2. The first-order valence-electron chi connectivity index (χ1n) is 8.07. The summed E-state index contributed by atoms with van der Waals surface area (Å²) in [6.07, 6.45) is 0.704. The molecule has 0 N–H and O–H groups in total. The molecule has 0 saturated carbocycles. The number of rotatable bonds is 6. The van der Waals surface area contributed by atoms with Crippen molar-refractivity contribution in [1.82, 2.24) is 9.80 Å². The van der Waals surface area contributed by atoms with Gasteiger partial charge in [0.15, 0.2) is 0 Å². The van der Waals surface area contributed by atoms with Crippen LogP contribution in [0, 0.1) is 12.8 Å². The molecular weight excluding hydrogens is 260 g/mol. The minimum Gasteiger partial charge on any atom is -0.300 e. The maximum absolute atomic E-state index is 11.7. The average molecular weight is 288 g/mol. The van der Waals surface area contributed by atoms with Crippen molar-refractivity contribution in [1.29, 1.82) is 0 Å². The van der Waals surface area contributed by atoms with Crippen molar-refractivity contribution in [3.05, 3.63) is 35.4 Å². The predicted octanol–water partition coefficient (Wildman–Crippen LogP) is 2.73. The van der Waals surface area contributed by atoms with E-state index in [4.69, 9.17) is 0 Å². The molecule has 1 aliphatic heterocycles. The highest BCUT2D eigenvalue weighted by atomic mass is 16.1. The number of Topliss-reactive ketones (excluding diaryl/α,β-unsaturated/α-hetero) is 1. The third-order valence-electron chi connectivity index (χ3n) is 4.31. The summed E-state index contributed by atoms with van der Waals surface area (Å²) in [5.74, 6) is 0.560. The molecule has 3 nitrogen and oxygen atoms in total. The van der Waals surface area contributed by atoms with Crippen LogP contribution in [0.4, 0.5) is 0 Å². The van der Waals surface area contributed by atoms with E-state index in [2.05, 4.69) is 41.0 Å². The van der Waals surface area contributed by atoms with Gasteiger partial charge in [0.1, 0.15) is 5.78 Å². The largest absolute Gasteiger partial charge is 0.300 e. The molecule has 1 aliphatic rings. The Kier molecular flexibility index (Phi) is 5.95. The van der Waals surface area contributed by atoms with Gasteiger partial charge in [-0.05, 0) is 12.5 Å². The van der Waals surface area contributed by atoms with Crippen molar-refractivity contribution in [2.24, 2.45) is 5.92 Å². The highest BCUT2D eigenvalue weighted by Crippen LogP contribution is 2.10. The summed E-state index contributed by atoms with van der Waals surface area (Å²) in [5, 5.41) is 0. The van der Waals surface area contributed by atoms with Crippen LogP contribution in [0.5, 0.6) is 0 Å². The van der Waals surface area contributed by atoms with Gasteiger partial charge in [-0.25, -0.2) is 0 Å². The summed E-state index contributed by atoms with van der Waals surface area (Å²) in [4.78, 5) is 16.6. The van der Waals surface area contributed by atoms with Crippen molar-refractivity contribution in [2.75, 3.05) is 32.7 Å². The minimum absolute atomic E-state index is 0.174. The van der Waals surface area contributed by atoms with Crippen molar-refractivity contribution >= 4 is 5.78 Å². The van der Waals surface area contributed by atoms with Gasteiger partial charge in [0.2, 0.25) is 0 Å². The number of benzene rings is 1. The van der Waals surface area contributed by atoms with Gasteiger partial charge in [-0.15, -0.1) is 0 Å². The number of ketones is 1. The van der Waals surface area contributed by atoms with Crippen molar-refractivity contribution in [3.8, 4) is 0 Å². The second kappa shape index (κ2) is 7.71. The molecule has 1 aromatic carbocycles. The van der Waals surface area contributed by atoms with Crippen LogP contribution in [0.1, 0.15) is 31.4 Å². The summed E-state index contributed by atoms with van der Waals surface area (Å²) < 4.78 is 0. The Morgan fingerprint density at radius 3 is 2.19 bits per heavy atom. The van der Waals surface area contributed by atoms with E-state index in [-0.39, 0.29) is 5.92 Å². The van der Waals surface area contributed by atoms with E-state index in [9.17, 15) is 4.79 Å². The number of carbonyl (C=O) groups excluding carboxylic acids is 1. The summed E-state index contributed by atoms with van der Waals surface area (Å²) in [5.41, 5.74) is 2.71. The van der Waals surface area contributed by atoms with Gasteiger partial charge in [0.05, 0.1) is 0 Å². The first-order chi connectivity index (χ1) is 10.0. The number of piperazine rings is 1. The van der Waals surface area contributed by atoms with Crippen LogP contribution in [0.25, 0.3) is 0 Å². The van der Waals surface area contributed by atoms with Gasteiger partial charge in [0.25, 0.3) is 0 Å². The molecule has 0 bridgehead atoms. The van der Waals surface area contributed by atoms with E-state index in [0.29, 0.717) is 12.2 Å². The Bertz CT molecular complexity index is 445. The average Bonchev–Trinajstić information content (AvgIpc) is 2.48. The lowest BCUT2D eigenvalue weighted by Gasteiger charge is -2.34. The predicted molar refractivity (Wildman–Crippen MR) is 87.4 cm³/mol. The first kappa shape index (κ1) is 16.2.